The third-order valence-electron chi connectivity index (χ3n) is 3.69. The molecule has 3 rings (SSSR count). The fourth-order valence-electron chi connectivity index (χ4n) is 2.89. The van der Waals surface area contributed by atoms with E-state index in [0.717, 1.165) is 0 Å². The number of rotatable bonds is 1. The molecule has 0 nitrogen and oxygen atoms in total. The smallest absolute Gasteiger partial charge is 0.00978 e. The van der Waals surface area contributed by atoms with Gasteiger partial charge in [-0.15, -0.1) is 0 Å². The first-order valence-electron chi connectivity index (χ1n) is 6.00. The number of fused-ring (bicyclic) bond motifs is 1. The van der Waals surface area contributed by atoms with Crippen LogP contribution in [0.25, 0.3) is 0 Å². The van der Waals surface area contributed by atoms with Crippen molar-refractivity contribution in [3.63, 3.8) is 0 Å². The third-order valence-corrected chi connectivity index (χ3v) is 3.69. The lowest BCUT2D eigenvalue weighted by Gasteiger charge is -2.11. The van der Waals surface area contributed by atoms with Crippen LogP contribution in [0, 0.1) is 0 Å². The molecular weight excluding hydrogens is 192 g/mol. The van der Waals surface area contributed by atoms with E-state index in [4.69, 9.17) is 0 Å². The Balaban J connectivity index is 2.07. The summed E-state index contributed by atoms with van der Waals surface area (Å²) in [6.45, 7) is 2.34. The normalized spacial score (nSPS) is 23.1. The van der Waals surface area contributed by atoms with Gasteiger partial charge in [-0.3, -0.25) is 0 Å². The summed E-state index contributed by atoms with van der Waals surface area (Å²) in [5.41, 5.74) is 4.52. The van der Waals surface area contributed by atoms with Gasteiger partial charge in [-0.2, -0.15) is 0 Å². The number of benzene rings is 2. The van der Waals surface area contributed by atoms with Crippen molar-refractivity contribution in [2.75, 3.05) is 0 Å². The zero-order valence-corrected chi connectivity index (χ0v) is 9.56. The van der Waals surface area contributed by atoms with Gasteiger partial charge >= 0.3 is 0 Å². The number of hydrogen-bond donors (Lipinski definition) is 0. The molecule has 0 heteroatoms. The van der Waals surface area contributed by atoms with Crippen LogP contribution in [0.5, 0.6) is 0 Å². The Hall–Kier alpha value is -1.56. The first-order chi connectivity index (χ1) is 7.86. The summed E-state index contributed by atoms with van der Waals surface area (Å²) >= 11 is 0. The second-order valence-corrected chi connectivity index (χ2v) is 4.73. The summed E-state index contributed by atoms with van der Waals surface area (Å²) < 4.78 is 0. The van der Waals surface area contributed by atoms with E-state index in [1.54, 1.807) is 0 Å². The van der Waals surface area contributed by atoms with Crippen molar-refractivity contribution in [2.45, 2.75) is 25.2 Å². The van der Waals surface area contributed by atoms with Crippen LogP contribution in [0.1, 0.15) is 41.9 Å². The third kappa shape index (κ3) is 1.46. The molecule has 0 aliphatic heterocycles. The standard InChI is InChI=1S/C16H16/c1-12-11-16(13-7-3-2-4-8-13)15-10-6-5-9-14(12)15/h2-10,12,16H,11H2,1H3/t12-,16-/m0/s1. The summed E-state index contributed by atoms with van der Waals surface area (Å²) in [7, 11) is 0. The second kappa shape index (κ2) is 3.79. The van der Waals surface area contributed by atoms with Gasteiger partial charge in [0, 0.05) is 5.92 Å². The van der Waals surface area contributed by atoms with Gasteiger partial charge in [0.05, 0.1) is 0 Å². The first kappa shape index (κ1) is 9.65. The van der Waals surface area contributed by atoms with Crippen molar-refractivity contribution < 1.29 is 0 Å². The lowest BCUT2D eigenvalue weighted by molar-refractivity contribution is 0.686. The van der Waals surface area contributed by atoms with E-state index in [2.05, 4.69) is 61.5 Å². The highest BCUT2D eigenvalue weighted by Gasteiger charge is 2.28. The molecule has 1 aliphatic rings. The highest BCUT2D eigenvalue weighted by atomic mass is 14.3. The fraction of sp³-hybridized carbons (Fsp3) is 0.250. The molecule has 0 saturated heterocycles. The van der Waals surface area contributed by atoms with Crippen molar-refractivity contribution in [3.05, 3.63) is 71.3 Å². The lowest BCUT2D eigenvalue weighted by Crippen LogP contribution is -1.95. The summed E-state index contributed by atoms with van der Waals surface area (Å²) in [5, 5.41) is 0. The van der Waals surface area contributed by atoms with E-state index in [-0.39, 0.29) is 0 Å². The van der Waals surface area contributed by atoms with Gasteiger partial charge in [0.1, 0.15) is 0 Å². The molecule has 0 spiro atoms. The molecule has 0 unspecified atom stereocenters. The molecular formula is C16H16. The van der Waals surface area contributed by atoms with Gasteiger partial charge in [0.2, 0.25) is 0 Å². The molecule has 16 heavy (non-hydrogen) atoms. The maximum Gasteiger partial charge on any atom is 0.00978 e. The van der Waals surface area contributed by atoms with Crippen LogP contribution in [0.15, 0.2) is 54.6 Å². The largest absolute Gasteiger partial charge is 0.0622 e. The molecule has 0 radical (unpaired) electrons. The van der Waals surface area contributed by atoms with Crippen LogP contribution < -0.4 is 0 Å². The maximum absolute atomic E-state index is 2.34. The van der Waals surface area contributed by atoms with Crippen LogP contribution in [0.2, 0.25) is 0 Å². The quantitative estimate of drug-likeness (QED) is 0.654. The van der Waals surface area contributed by atoms with E-state index in [1.807, 2.05) is 0 Å². The first-order valence-corrected chi connectivity index (χ1v) is 6.00. The molecule has 0 bridgehead atoms. The highest BCUT2D eigenvalue weighted by molar-refractivity contribution is 5.44. The molecule has 0 N–H and O–H groups in total. The van der Waals surface area contributed by atoms with Gasteiger partial charge < -0.3 is 0 Å². The Morgan fingerprint density at radius 3 is 2.19 bits per heavy atom. The highest BCUT2D eigenvalue weighted by Crippen LogP contribution is 2.44. The monoisotopic (exact) mass is 208 g/mol. The molecule has 0 saturated carbocycles. The van der Waals surface area contributed by atoms with Gasteiger partial charge in [-0.05, 0) is 29.0 Å². The van der Waals surface area contributed by atoms with Crippen molar-refractivity contribution >= 4 is 0 Å². The Kier molecular flexibility index (Phi) is 2.28. The molecule has 0 aromatic heterocycles. The molecule has 0 amide bonds. The Morgan fingerprint density at radius 1 is 0.812 bits per heavy atom. The minimum Gasteiger partial charge on any atom is -0.0622 e. The Bertz CT molecular complexity index is 484. The predicted molar refractivity (Wildman–Crippen MR) is 67.8 cm³/mol. The molecule has 1 aliphatic carbocycles. The van der Waals surface area contributed by atoms with Crippen molar-refractivity contribution in [3.8, 4) is 0 Å². The SMILES string of the molecule is C[C@H]1C[C@@H](c2ccccc2)c2ccccc21. The molecule has 2 aromatic carbocycles. The molecule has 80 valence electrons. The van der Waals surface area contributed by atoms with Crippen LogP contribution in [0.4, 0.5) is 0 Å². The van der Waals surface area contributed by atoms with Crippen molar-refractivity contribution in [1.29, 1.82) is 0 Å². The summed E-state index contributed by atoms with van der Waals surface area (Å²) in [4.78, 5) is 0. The van der Waals surface area contributed by atoms with Crippen LogP contribution in [-0.2, 0) is 0 Å². The van der Waals surface area contributed by atoms with E-state index in [9.17, 15) is 0 Å². The average Bonchev–Trinajstić information content (AvgIpc) is 2.69. The average molecular weight is 208 g/mol. The molecule has 2 aromatic rings. The predicted octanol–water partition coefficient (Wildman–Crippen LogP) is 4.33. The zero-order valence-electron chi connectivity index (χ0n) is 9.56. The molecule has 2 atom stereocenters. The topological polar surface area (TPSA) is 0 Å². The summed E-state index contributed by atoms with van der Waals surface area (Å²) in [6.07, 6.45) is 1.25. The lowest BCUT2D eigenvalue weighted by atomic mass is 9.93. The van der Waals surface area contributed by atoms with Gasteiger partial charge in [0.15, 0.2) is 0 Å². The van der Waals surface area contributed by atoms with Gasteiger partial charge in [0.25, 0.3) is 0 Å². The molecule has 0 heterocycles. The fourth-order valence-corrected chi connectivity index (χ4v) is 2.89. The Labute approximate surface area is 96.9 Å². The van der Waals surface area contributed by atoms with Crippen LogP contribution in [-0.4, -0.2) is 0 Å². The van der Waals surface area contributed by atoms with Crippen LogP contribution >= 0.6 is 0 Å². The minimum absolute atomic E-state index is 0.604. The maximum atomic E-state index is 2.34. The van der Waals surface area contributed by atoms with Gasteiger partial charge in [-0.1, -0.05) is 61.5 Å². The Morgan fingerprint density at radius 2 is 1.44 bits per heavy atom. The number of hydrogen-bond acceptors (Lipinski definition) is 0. The van der Waals surface area contributed by atoms with Crippen molar-refractivity contribution in [2.24, 2.45) is 0 Å². The van der Waals surface area contributed by atoms with E-state index >= 15 is 0 Å². The summed E-state index contributed by atoms with van der Waals surface area (Å²) in [5.74, 6) is 1.30. The van der Waals surface area contributed by atoms with E-state index < -0.39 is 0 Å². The van der Waals surface area contributed by atoms with Crippen molar-refractivity contribution in [1.82, 2.24) is 0 Å². The minimum atomic E-state index is 0.604. The molecule has 0 fully saturated rings. The zero-order chi connectivity index (χ0) is 11.0. The van der Waals surface area contributed by atoms with E-state index in [0.29, 0.717) is 11.8 Å². The summed E-state index contributed by atoms with van der Waals surface area (Å²) in [6, 6.07) is 19.8. The van der Waals surface area contributed by atoms with E-state index in [1.165, 1.54) is 23.1 Å². The van der Waals surface area contributed by atoms with Crippen LogP contribution in [0.3, 0.4) is 0 Å². The second-order valence-electron chi connectivity index (χ2n) is 4.73. The van der Waals surface area contributed by atoms with Gasteiger partial charge in [-0.25, -0.2) is 0 Å².